The molecule has 0 amide bonds. The van der Waals surface area contributed by atoms with E-state index in [1.165, 1.54) is 6.07 Å². The highest BCUT2D eigenvalue weighted by molar-refractivity contribution is 6.35. The number of fused-ring (bicyclic) bond motifs is 1. The lowest BCUT2D eigenvalue weighted by Crippen LogP contribution is -2.06. The van der Waals surface area contributed by atoms with E-state index < -0.39 is 0 Å². The molecule has 0 saturated heterocycles. The predicted octanol–water partition coefficient (Wildman–Crippen LogP) is 1.67. The fraction of sp³-hybridized carbons (Fsp3) is 0.100. The van der Waals surface area contributed by atoms with E-state index >= 15 is 0 Å². The Balaban J connectivity index is 2.96. The number of rotatable bonds is 1. The fourth-order valence-electron chi connectivity index (χ4n) is 1.48. The summed E-state index contributed by atoms with van der Waals surface area (Å²) in [6.07, 6.45) is 0. The van der Waals surface area contributed by atoms with E-state index in [9.17, 15) is 4.79 Å². The zero-order valence-corrected chi connectivity index (χ0v) is 8.01. The van der Waals surface area contributed by atoms with Crippen molar-refractivity contribution in [2.75, 3.05) is 0 Å². The monoisotopic (exact) mass is 209 g/mol. The summed E-state index contributed by atoms with van der Waals surface area (Å²) in [5.74, 6) is 0. The zero-order chi connectivity index (χ0) is 10.1. The molecule has 0 unspecified atom stereocenters. The lowest BCUT2D eigenvalue weighted by Gasteiger charge is -2.04. The maximum absolute atomic E-state index is 11.2. The molecular weight excluding hydrogens is 202 g/mol. The molecule has 0 spiro atoms. The van der Waals surface area contributed by atoms with Gasteiger partial charge in [0.25, 0.3) is 0 Å². The molecule has 4 heteroatoms. The van der Waals surface area contributed by atoms with Crippen LogP contribution >= 0.6 is 11.6 Å². The molecule has 1 aromatic carbocycles. The molecule has 1 heterocycles. The molecule has 72 valence electrons. The van der Waals surface area contributed by atoms with Gasteiger partial charge in [-0.15, -0.1) is 0 Å². The van der Waals surface area contributed by atoms with Gasteiger partial charge < -0.3 is 10.1 Å². The molecule has 0 fully saturated rings. The van der Waals surface area contributed by atoms with Crippen molar-refractivity contribution in [3.63, 3.8) is 0 Å². The van der Waals surface area contributed by atoms with Crippen LogP contribution in [0.15, 0.2) is 29.1 Å². The standard InChI is InChI=1S/C10H8ClNO2/c11-7-2-1-3-8-10(7)6(5-13)4-9(14)12-8/h1-4,13H,5H2,(H,12,14). The first-order valence-corrected chi connectivity index (χ1v) is 4.51. The number of hydrogen-bond donors (Lipinski definition) is 2. The lowest BCUT2D eigenvalue weighted by atomic mass is 10.1. The smallest absolute Gasteiger partial charge is 0.248 e. The van der Waals surface area contributed by atoms with Crippen molar-refractivity contribution in [1.29, 1.82) is 0 Å². The van der Waals surface area contributed by atoms with E-state index in [0.29, 0.717) is 21.5 Å². The fourth-order valence-corrected chi connectivity index (χ4v) is 1.77. The van der Waals surface area contributed by atoms with Crippen LogP contribution in [0.5, 0.6) is 0 Å². The van der Waals surface area contributed by atoms with Crippen LogP contribution in [0.2, 0.25) is 5.02 Å². The molecule has 0 aliphatic heterocycles. The highest BCUT2D eigenvalue weighted by Crippen LogP contribution is 2.24. The number of hydrogen-bond acceptors (Lipinski definition) is 2. The number of aromatic nitrogens is 1. The van der Waals surface area contributed by atoms with Gasteiger partial charge in [0.15, 0.2) is 0 Å². The van der Waals surface area contributed by atoms with Crippen molar-refractivity contribution in [3.05, 3.63) is 45.2 Å². The van der Waals surface area contributed by atoms with E-state index in [1.807, 2.05) is 0 Å². The minimum Gasteiger partial charge on any atom is -0.392 e. The van der Waals surface area contributed by atoms with E-state index in [1.54, 1.807) is 18.2 Å². The van der Waals surface area contributed by atoms with Gasteiger partial charge in [-0.05, 0) is 17.7 Å². The highest BCUT2D eigenvalue weighted by atomic mass is 35.5. The van der Waals surface area contributed by atoms with Gasteiger partial charge in [-0.1, -0.05) is 17.7 Å². The van der Waals surface area contributed by atoms with Gasteiger partial charge in [-0.2, -0.15) is 0 Å². The number of nitrogens with one attached hydrogen (secondary N) is 1. The summed E-state index contributed by atoms with van der Waals surface area (Å²) >= 11 is 5.96. The molecule has 0 aliphatic rings. The summed E-state index contributed by atoms with van der Waals surface area (Å²) < 4.78 is 0. The Hall–Kier alpha value is -1.32. The molecule has 1 aromatic heterocycles. The molecule has 0 aliphatic carbocycles. The highest BCUT2D eigenvalue weighted by Gasteiger charge is 2.05. The van der Waals surface area contributed by atoms with Crippen LogP contribution in [0.4, 0.5) is 0 Å². The maximum Gasteiger partial charge on any atom is 0.248 e. The van der Waals surface area contributed by atoms with Gasteiger partial charge in [-0.3, -0.25) is 4.79 Å². The third-order valence-electron chi connectivity index (χ3n) is 2.07. The van der Waals surface area contributed by atoms with Crippen molar-refractivity contribution in [1.82, 2.24) is 4.98 Å². The Bertz CT molecular complexity index is 533. The summed E-state index contributed by atoms with van der Waals surface area (Å²) in [4.78, 5) is 13.8. The number of H-pyrrole nitrogens is 1. The van der Waals surface area contributed by atoms with Crippen molar-refractivity contribution >= 4 is 22.5 Å². The van der Waals surface area contributed by atoms with Gasteiger partial charge in [-0.25, -0.2) is 0 Å². The molecule has 0 bridgehead atoms. The summed E-state index contributed by atoms with van der Waals surface area (Å²) in [6.45, 7) is -0.190. The molecule has 0 radical (unpaired) electrons. The number of aliphatic hydroxyl groups is 1. The van der Waals surface area contributed by atoms with Gasteiger partial charge >= 0.3 is 0 Å². The van der Waals surface area contributed by atoms with Gasteiger partial charge in [0.1, 0.15) is 0 Å². The number of benzene rings is 1. The molecule has 3 nitrogen and oxygen atoms in total. The minimum absolute atomic E-state index is 0.190. The lowest BCUT2D eigenvalue weighted by molar-refractivity contribution is 0.283. The van der Waals surface area contributed by atoms with Crippen LogP contribution < -0.4 is 5.56 Å². The third-order valence-corrected chi connectivity index (χ3v) is 2.38. The van der Waals surface area contributed by atoms with Crippen LogP contribution in [0, 0.1) is 0 Å². The Kier molecular flexibility index (Phi) is 2.27. The Labute approximate surface area is 85.0 Å². The molecule has 14 heavy (non-hydrogen) atoms. The number of aromatic amines is 1. The third kappa shape index (κ3) is 1.41. The van der Waals surface area contributed by atoms with Gasteiger partial charge in [0.2, 0.25) is 5.56 Å². The van der Waals surface area contributed by atoms with Crippen molar-refractivity contribution < 1.29 is 5.11 Å². The minimum atomic E-state index is -0.233. The first-order valence-electron chi connectivity index (χ1n) is 4.13. The van der Waals surface area contributed by atoms with Crippen LogP contribution in [0.1, 0.15) is 5.56 Å². The summed E-state index contributed by atoms with van der Waals surface area (Å²) in [5, 5.41) is 10.3. The van der Waals surface area contributed by atoms with Crippen LogP contribution in [0.3, 0.4) is 0 Å². The van der Waals surface area contributed by atoms with E-state index in [4.69, 9.17) is 16.7 Å². The predicted molar refractivity (Wildman–Crippen MR) is 55.5 cm³/mol. The molecular formula is C10H8ClNO2. The Morgan fingerprint density at radius 1 is 1.43 bits per heavy atom. The van der Waals surface area contributed by atoms with Crippen LogP contribution in [-0.4, -0.2) is 10.1 Å². The summed E-state index contributed by atoms with van der Waals surface area (Å²) in [7, 11) is 0. The van der Waals surface area contributed by atoms with Gasteiger partial charge in [0.05, 0.1) is 17.1 Å². The Morgan fingerprint density at radius 2 is 2.21 bits per heavy atom. The van der Waals surface area contributed by atoms with E-state index in [-0.39, 0.29) is 12.2 Å². The number of pyridine rings is 1. The van der Waals surface area contributed by atoms with E-state index in [2.05, 4.69) is 4.98 Å². The second kappa shape index (κ2) is 3.44. The Morgan fingerprint density at radius 3 is 2.93 bits per heavy atom. The summed E-state index contributed by atoms with van der Waals surface area (Å²) in [6, 6.07) is 6.58. The normalized spacial score (nSPS) is 10.7. The number of aliphatic hydroxyl groups excluding tert-OH is 1. The zero-order valence-electron chi connectivity index (χ0n) is 7.25. The second-order valence-electron chi connectivity index (χ2n) is 2.98. The van der Waals surface area contributed by atoms with Gasteiger partial charge in [0, 0.05) is 11.5 Å². The molecule has 0 saturated carbocycles. The molecule has 2 rings (SSSR count). The summed E-state index contributed by atoms with van der Waals surface area (Å²) in [5.41, 5.74) is 0.965. The first-order chi connectivity index (χ1) is 6.72. The van der Waals surface area contributed by atoms with E-state index in [0.717, 1.165) is 0 Å². The molecule has 0 atom stereocenters. The van der Waals surface area contributed by atoms with Crippen LogP contribution in [0.25, 0.3) is 10.9 Å². The molecule has 2 aromatic rings. The topological polar surface area (TPSA) is 53.1 Å². The van der Waals surface area contributed by atoms with Crippen molar-refractivity contribution in [2.45, 2.75) is 6.61 Å². The van der Waals surface area contributed by atoms with Crippen molar-refractivity contribution in [3.8, 4) is 0 Å². The first kappa shape index (κ1) is 9.24. The average Bonchev–Trinajstić information content (AvgIpc) is 2.16. The number of halogens is 1. The van der Waals surface area contributed by atoms with Crippen LogP contribution in [-0.2, 0) is 6.61 Å². The average molecular weight is 210 g/mol. The molecule has 2 N–H and O–H groups in total. The second-order valence-corrected chi connectivity index (χ2v) is 3.39. The van der Waals surface area contributed by atoms with Crippen molar-refractivity contribution in [2.24, 2.45) is 0 Å². The SMILES string of the molecule is O=c1cc(CO)c2c(Cl)cccc2[nH]1. The maximum atomic E-state index is 11.2. The largest absolute Gasteiger partial charge is 0.392 e. The quantitative estimate of drug-likeness (QED) is 0.751.